The van der Waals surface area contributed by atoms with Crippen LogP contribution in [0, 0.1) is 5.82 Å². The monoisotopic (exact) mass is 429 g/mol. The molecule has 3 aromatic rings. The topological polar surface area (TPSA) is 72.9 Å². The van der Waals surface area contributed by atoms with Crippen LogP contribution in [0.15, 0.2) is 71.6 Å². The van der Waals surface area contributed by atoms with Gasteiger partial charge in [0.1, 0.15) is 12.1 Å². The fourth-order valence-electron chi connectivity index (χ4n) is 3.74. The number of nitrogens with zero attached hydrogens (tertiary/aromatic N) is 1. The molecule has 0 spiro atoms. The summed E-state index contributed by atoms with van der Waals surface area (Å²) in [4.78, 5) is 12.5. The van der Waals surface area contributed by atoms with Gasteiger partial charge in [-0.3, -0.25) is 4.79 Å². The number of hydrogen-bond donors (Lipinski definition) is 0. The van der Waals surface area contributed by atoms with Crippen LogP contribution in [-0.2, 0) is 19.6 Å². The van der Waals surface area contributed by atoms with E-state index in [1.807, 2.05) is 18.2 Å². The molecule has 0 bridgehead atoms. The number of fused-ring (bicyclic) bond motifs is 1. The van der Waals surface area contributed by atoms with Crippen molar-refractivity contribution in [1.82, 2.24) is 4.31 Å². The van der Waals surface area contributed by atoms with Gasteiger partial charge in [0.2, 0.25) is 10.0 Å². The third-order valence-corrected chi connectivity index (χ3v) is 7.09. The first-order valence-electron chi connectivity index (χ1n) is 9.40. The number of esters is 1. The molecule has 2 atom stereocenters. The van der Waals surface area contributed by atoms with Crippen LogP contribution in [0.2, 0.25) is 0 Å². The Morgan fingerprint density at radius 1 is 1.03 bits per heavy atom. The van der Waals surface area contributed by atoms with E-state index in [-0.39, 0.29) is 23.6 Å². The normalized spacial score (nSPS) is 19.7. The Morgan fingerprint density at radius 2 is 1.73 bits per heavy atom. The maximum atomic E-state index is 14.0. The van der Waals surface area contributed by atoms with E-state index in [0.717, 1.165) is 9.69 Å². The smallest absolute Gasteiger partial charge is 0.324 e. The first kappa shape index (κ1) is 20.3. The van der Waals surface area contributed by atoms with Gasteiger partial charge in [0.05, 0.1) is 18.6 Å². The largest absolute Gasteiger partial charge is 0.486 e. The van der Waals surface area contributed by atoms with E-state index in [0.29, 0.717) is 5.39 Å². The molecule has 1 fully saturated rings. The molecule has 8 heteroatoms. The zero-order valence-corrected chi connectivity index (χ0v) is 17.0. The lowest BCUT2D eigenvalue weighted by Crippen LogP contribution is -2.41. The van der Waals surface area contributed by atoms with Gasteiger partial charge in [0.15, 0.2) is 11.6 Å². The lowest BCUT2D eigenvalue weighted by atomic mass is 10.1. The van der Waals surface area contributed by atoms with E-state index in [1.165, 1.54) is 31.4 Å². The van der Waals surface area contributed by atoms with Gasteiger partial charge in [0.25, 0.3) is 0 Å². The van der Waals surface area contributed by atoms with Crippen LogP contribution in [0.1, 0.15) is 6.42 Å². The third-order valence-electron chi connectivity index (χ3n) is 5.16. The number of methoxy groups -OCH3 is 1. The summed E-state index contributed by atoms with van der Waals surface area (Å²) in [7, 11) is -2.84. The van der Waals surface area contributed by atoms with Gasteiger partial charge in [-0.25, -0.2) is 12.8 Å². The Morgan fingerprint density at radius 3 is 2.50 bits per heavy atom. The number of carbonyl (C=O) groups is 1. The molecule has 0 radical (unpaired) electrons. The van der Waals surface area contributed by atoms with Crippen molar-refractivity contribution in [2.45, 2.75) is 23.5 Å². The van der Waals surface area contributed by atoms with Gasteiger partial charge < -0.3 is 9.47 Å². The Hall–Kier alpha value is -2.97. The molecule has 0 saturated carbocycles. The Bertz CT molecular complexity index is 1190. The summed E-state index contributed by atoms with van der Waals surface area (Å²) < 4.78 is 52.7. The van der Waals surface area contributed by atoms with E-state index >= 15 is 0 Å². The first-order valence-corrected chi connectivity index (χ1v) is 10.8. The number of sulfonamides is 1. The second-order valence-electron chi connectivity index (χ2n) is 7.00. The second kappa shape index (κ2) is 8.04. The van der Waals surface area contributed by atoms with Crippen molar-refractivity contribution in [2.75, 3.05) is 13.7 Å². The second-order valence-corrected chi connectivity index (χ2v) is 8.86. The van der Waals surface area contributed by atoms with Crippen molar-refractivity contribution in [3.05, 3.63) is 72.5 Å². The average molecular weight is 429 g/mol. The highest BCUT2D eigenvalue weighted by Crippen LogP contribution is 2.33. The molecule has 156 valence electrons. The standard InChI is InChI=1S/C22H20FNO5S/c1-28-22(25)19-13-16(29-20-11-5-4-10-18(20)23)14-24(19)30(26,27)21-12-6-8-15-7-2-3-9-17(15)21/h2-12,16,19H,13-14H2,1H3. The quantitative estimate of drug-likeness (QED) is 0.582. The van der Waals surface area contributed by atoms with Gasteiger partial charge in [-0.15, -0.1) is 0 Å². The lowest BCUT2D eigenvalue weighted by Gasteiger charge is -2.22. The van der Waals surface area contributed by atoms with Crippen molar-refractivity contribution < 1.29 is 27.1 Å². The fraction of sp³-hybridized carbons (Fsp3) is 0.227. The fourth-order valence-corrected chi connectivity index (χ4v) is 5.57. The Labute approximate surface area is 173 Å². The summed E-state index contributed by atoms with van der Waals surface area (Å²) in [6.07, 6.45) is -0.638. The van der Waals surface area contributed by atoms with Crippen molar-refractivity contribution in [3.8, 4) is 5.75 Å². The Balaban J connectivity index is 1.71. The maximum Gasteiger partial charge on any atom is 0.324 e. The van der Waals surface area contributed by atoms with Crippen molar-refractivity contribution in [3.63, 3.8) is 0 Å². The molecular formula is C22H20FNO5S. The number of para-hydroxylation sites is 1. The molecular weight excluding hydrogens is 409 g/mol. The maximum absolute atomic E-state index is 14.0. The summed E-state index contributed by atoms with van der Waals surface area (Å²) >= 11 is 0. The van der Waals surface area contributed by atoms with Gasteiger partial charge in [-0.2, -0.15) is 4.31 Å². The van der Waals surface area contributed by atoms with E-state index in [1.54, 1.807) is 24.3 Å². The van der Waals surface area contributed by atoms with Crippen LogP contribution >= 0.6 is 0 Å². The predicted octanol–water partition coefficient (Wildman–Crippen LogP) is 3.36. The SMILES string of the molecule is COC(=O)C1CC(Oc2ccccc2F)CN1S(=O)(=O)c1cccc2ccccc12. The molecule has 1 aliphatic heterocycles. The zero-order valence-electron chi connectivity index (χ0n) is 16.2. The predicted molar refractivity (Wildman–Crippen MR) is 109 cm³/mol. The van der Waals surface area contributed by atoms with E-state index in [4.69, 9.17) is 9.47 Å². The lowest BCUT2D eigenvalue weighted by molar-refractivity contribution is -0.144. The highest BCUT2D eigenvalue weighted by molar-refractivity contribution is 7.89. The molecule has 30 heavy (non-hydrogen) atoms. The van der Waals surface area contributed by atoms with Crippen LogP contribution in [-0.4, -0.2) is 44.5 Å². The summed E-state index contributed by atoms with van der Waals surface area (Å²) in [5.41, 5.74) is 0. The van der Waals surface area contributed by atoms with Crippen LogP contribution < -0.4 is 4.74 Å². The van der Waals surface area contributed by atoms with E-state index < -0.39 is 34.0 Å². The summed E-state index contributed by atoms with van der Waals surface area (Å²) in [5.74, 6) is -1.23. The minimum Gasteiger partial charge on any atom is -0.486 e. The molecule has 0 aliphatic carbocycles. The summed E-state index contributed by atoms with van der Waals surface area (Å²) in [6.45, 7) is -0.0976. The number of rotatable bonds is 5. The third kappa shape index (κ3) is 3.64. The minimum absolute atomic E-state index is 0.00975. The molecule has 0 aromatic heterocycles. The van der Waals surface area contributed by atoms with E-state index in [9.17, 15) is 17.6 Å². The number of halogens is 1. The zero-order chi connectivity index (χ0) is 21.3. The molecule has 6 nitrogen and oxygen atoms in total. The van der Waals surface area contributed by atoms with Gasteiger partial charge >= 0.3 is 5.97 Å². The molecule has 2 unspecified atom stereocenters. The number of ether oxygens (including phenoxy) is 2. The van der Waals surface area contributed by atoms with E-state index in [2.05, 4.69) is 0 Å². The molecule has 0 amide bonds. The first-order chi connectivity index (χ1) is 14.4. The molecule has 0 N–H and O–H groups in total. The number of benzene rings is 3. The molecule has 1 aliphatic rings. The van der Waals surface area contributed by atoms with Crippen molar-refractivity contribution >= 4 is 26.8 Å². The highest BCUT2D eigenvalue weighted by Gasteiger charge is 2.46. The molecule has 3 aromatic carbocycles. The molecule has 4 rings (SSSR count). The van der Waals surface area contributed by atoms with Crippen molar-refractivity contribution in [1.29, 1.82) is 0 Å². The van der Waals surface area contributed by atoms with Crippen LogP contribution in [0.5, 0.6) is 5.75 Å². The van der Waals surface area contributed by atoms with Gasteiger partial charge in [0, 0.05) is 11.8 Å². The number of hydrogen-bond acceptors (Lipinski definition) is 5. The van der Waals surface area contributed by atoms with Crippen LogP contribution in [0.4, 0.5) is 4.39 Å². The summed E-state index contributed by atoms with van der Waals surface area (Å²) in [5, 5.41) is 1.33. The highest BCUT2D eigenvalue weighted by atomic mass is 32.2. The van der Waals surface area contributed by atoms with Gasteiger partial charge in [-0.05, 0) is 23.6 Å². The number of carbonyl (C=O) groups excluding carboxylic acids is 1. The van der Waals surface area contributed by atoms with Crippen molar-refractivity contribution in [2.24, 2.45) is 0 Å². The minimum atomic E-state index is -4.05. The van der Waals surface area contributed by atoms with Crippen LogP contribution in [0.3, 0.4) is 0 Å². The molecule has 1 heterocycles. The average Bonchev–Trinajstić information content (AvgIpc) is 3.19. The molecule has 1 saturated heterocycles. The summed E-state index contributed by atoms with van der Waals surface area (Å²) in [6, 6.07) is 16.9. The Kier molecular flexibility index (Phi) is 5.44. The van der Waals surface area contributed by atoms with Gasteiger partial charge in [-0.1, -0.05) is 48.5 Å². The van der Waals surface area contributed by atoms with Crippen LogP contribution in [0.25, 0.3) is 10.8 Å².